The Labute approximate surface area is 270 Å². The van der Waals surface area contributed by atoms with E-state index in [1.807, 2.05) is 0 Å². The van der Waals surface area contributed by atoms with Gasteiger partial charge in [-0.2, -0.15) is 0 Å². The Bertz CT molecular complexity index is 719. The van der Waals surface area contributed by atoms with Gasteiger partial charge in [-0.3, -0.25) is 29.8 Å². The average molecular weight is 617 g/mol. The lowest BCUT2D eigenvalue weighted by Crippen LogP contribution is -2.38. The van der Waals surface area contributed by atoms with E-state index in [-0.39, 0.29) is 35.5 Å². The fourth-order valence-corrected chi connectivity index (χ4v) is 7.06. The third kappa shape index (κ3) is 20.3. The lowest BCUT2D eigenvalue weighted by Gasteiger charge is -2.21. The first-order chi connectivity index (χ1) is 21.6. The van der Waals surface area contributed by atoms with Crippen LogP contribution in [0.15, 0.2) is 0 Å². The third-order valence-electron chi connectivity index (χ3n) is 10.0. The maximum absolute atomic E-state index is 13.3. The highest BCUT2D eigenvalue weighted by Crippen LogP contribution is 2.25. The smallest absolute Gasteiger partial charge is 0.229 e. The van der Waals surface area contributed by atoms with Crippen LogP contribution >= 0.6 is 0 Å². The maximum Gasteiger partial charge on any atom is 0.229 e. The molecule has 2 heterocycles. The van der Waals surface area contributed by atoms with Crippen LogP contribution in [0.4, 0.5) is 0 Å². The van der Waals surface area contributed by atoms with Crippen molar-refractivity contribution in [3.8, 4) is 0 Å². The van der Waals surface area contributed by atoms with Gasteiger partial charge in [0.2, 0.25) is 23.6 Å². The van der Waals surface area contributed by atoms with Crippen molar-refractivity contribution >= 4 is 23.6 Å². The summed E-state index contributed by atoms with van der Waals surface area (Å²) < 4.78 is 0. The molecule has 2 aliphatic rings. The van der Waals surface area contributed by atoms with E-state index in [4.69, 9.17) is 0 Å². The highest BCUT2D eigenvalue weighted by Gasteiger charge is 2.25. The minimum Gasteiger partial charge on any atom is -0.296 e. The fraction of sp³-hybridized carbons (Fsp3) is 0.895. The van der Waals surface area contributed by atoms with E-state index in [1.165, 1.54) is 103 Å². The van der Waals surface area contributed by atoms with Crippen molar-refractivity contribution in [2.75, 3.05) is 0 Å². The van der Waals surface area contributed by atoms with Gasteiger partial charge < -0.3 is 0 Å². The summed E-state index contributed by atoms with van der Waals surface area (Å²) in [5, 5.41) is 5.42. The molecule has 0 bridgehead atoms. The lowest BCUT2D eigenvalue weighted by molar-refractivity contribution is -0.136. The minimum absolute atomic E-state index is 0.159. The zero-order valence-electron chi connectivity index (χ0n) is 28.4. The summed E-state index contributed by atoms with van der Waals surface area (Å²) in [6.07, 6.45) is 34.3. The van der Waals surface area contributed by atoms with Gasteiger partial charge in [-0.25, -0.2) is 0 Å². The zero-order valence-corrected chi connectivity index (χ0v) is 28.4. The van der Waals surface area contributed by atoms with Gasteiger partial charge >= 0.3 is 0 Å². The number of hydrogen-bond acceptors (Lipinski definition) is 4. The molecular formula is C38H68N2O4. The van der Waals surface area contributed by atoms with E-state index in [0.717, 1.165) is 77.0 Å². The van der Waals surface area contributed by atoms with E-state index < -0.39 is 0 Å². The predicted octanol–water partition coefficient (Wildman–Crippen LogP) is 10.0. The van der Waals surface area contributed by atoms with Crippen LogP contribution in [0.5, 0.6) is 0 Å². The molecule has 0 aromatic heterocycles. The number of hydrogen-bond donors (Lipinski definition) is 2. The van der Waals surface area contributed by atoms with E-state index in [2.05, 4.69) is 10.6 Å². The molecule has 0 saturated carbocycles. The molecular weight excluding hydrogens is 548 g/mol. The van der Waals surface area contributed by atoms with Gasteiger partial charge in [0, 0.05) is 24.7 Å². The molecule has 2 unspecified atom stereocenters. The second-order valence-electron chi connectivity index (χ2n) is 14.1. The molecule has 0 aromatic carbocycles. The van der Waals surface area contributed by atoms with Crippen LogP contribution in [-0.2, 0) is 19.2 Å². The van der Waals surface area contributed by atoms with Crippen LogP contribution in [0.25, 0.3) is 0 Å². The predicted molar refractivity (Wildman–Crippen MR) is 181 cm³/mol. The molecule has 6 nitrogen and oxygen atoms in total. The van der Waals surface area contributed by atoms with Crippen LogP contribution in [0, 0.1) is 11.8 Å². The highest BCUT2D eigenvalue weighted by atomic mass is 16.2. The fourth-order valence-electron chi connectivity index (χ4n) is 7.06. The molecule has 0 spiro atoms. The number of nitrogens with one attached hydrogen (secondary N) is 2. The molecule has 2 rings (SSSR count). The summed E-state index contributed by atoms with van der Waals surface area (Å²) in [5.41, 5.74) is 0. The van der Waals surface area contributed by atoms with Crippen molar-refractivity contribution in [3.63, 3.8) is 0 Å². The van der Waals surface area contributed by atoms with Gasteiger partial charge in [-0.05, 0) is 38.5 Å². The first-order valence-electron chi connectivity index (χ1n) is 19.2. The second kappa shape index (κ2) is 26.5. The molecule has 254 valence electrons. The van der Waals surface area contributed by atoms with Crippen molar-refractivity contribution in [2.45, 2.75) is 205 Å². The Morgan fingerprint density at radius 1 is 0.341 bits per heavy atom. The van der Waals surface area contributed by atoms with Crippen molar-refractivity contribution in [1.29, 1.82) is 0 Å². The van der Waals surface area contributed by atoms with Crippen LogP contribution in [0.3, 0.4) is 0 Å². The maximum atomic E-state index is 13.3. The van der Waals surface area contributed by atoms with Crippen LogP contribution in [0.1, 0.15) is 205 Å². The van der Waals surface area contributed by atoms with Gasteiger partial charge in [0.15, 0.2) is 0 Å². The molecule has 2 N–H and O–H groups in total. The number of carbonyl (C=O) groups is 4. The van der Waals surface area contributed by atoms with Crippen molar-refractivity contribution < 1.29 is 19.2 Å². The first-order valence-corrected chi connectivity index (χ1v) is 19.2. The standard InChI is InChI=1S/C38H68N2O4/c41-35-29-25-21-17-13-9-5-1-3-7-11-15-19-23-27-33(37(43)39-35)31-32-34-28-24-20-16-12-8-4-2-6-10-14-18-22-26-30-36(42)40-38(34)44/h33-34H,1-32H2,(H,39,41,43)(H,40,42,44). The molecule has 2 aliphatic heterocycles. The summed E-state index contributed by atoms with van der Waals surface area (Å²) in [7, 11) is 0. The largest absolute Gasteiger partial charge is 0.296 e. The van der Waals surface area contributed by atoms with Crippen molar-refractivity contribution in [3.05, 3.63) is 0 Å². The Morgan fingerprint density at radius 2 is 0.568 bits per heavy atom. The topological polar surface area (TPSA) is 92.3 Å². The van der Waals surface area contributed by atoms with Crippen molar-refractivity contribution in [1.82, 2.24) is 10.6 Å². The SMILES string of the molecule is O=C1CCCCCCCCCCCCCCCC(CCC2CCCCCCCCCCCCCCCC(=O)NC2=O)C(=O)N1. The van der Waals surface area contributed by atoms with Crippen LogP contribution in [-0.4, -0.2) is 23.6 Å². The Kier molecular flexibility index (Phi) is 23.2. The second-order valence-corrected chi connectivity index (χ2v) is 14.1. The summed E-state index contributed by atoms with van der Waals surface area (Å²) in [4.78, 5) is 51.8. The summed E-state index contributed by atoms with van der Waals surface area (Å²) >= 11 is 0. The Balaban J connectivity index is 1.96. The molecule has 4 amide bonds. The van der Waals surface area contributed by atoms with Gasteiger partial charge in [0.1, 0.15) is 0 Å². The molecule has 2 atom stereocenters. The van der Waals surface area contributed by atoms with Gasteiger partial charge in [-0.15, -0.1) is 0 Å². The van der Waals surface area contributed by atoms with Crippen LogP contribution in [0.2, 0.25) is 0 Å². The lowest BCUT2D eigenvalue weighted by atomic mass is 9.87. The first kappa shape index (κ1) is 38.5. The number of amides is 4. The molecule has 2 saturated heterocycles. The van der Waals surface area contributed by atoms with E-state index in [0.29, 0.717) is 25.7 Å². The molecule has 0 aromatic rings. The molecule has 0 aliphatic carbocycles. The Morgan fingerprint density at radius 3 is 0.841 bits per heavy atom. The Hall–Kier alpha value is -1.72. The number of rotatable bonds is 3. The van der Waals surface area contributed by atoms with Crippen LogP contribution < -0.4 is 10.6 Å². The minimum atomic E-state index is -0.262. The summed E-state index contributed by atoms with van der Waals surface area (Å²) in [5.74, 6) is -1.18. The third-order valence-corrected chi connectivity index (χ3v) is 10.0. The molecule has 44 heavy (non-hydrogen) atoms. The normalized spacial score (nSPS) is 26.0. The van der Waals surface area contributed by atoms with Gasteiger partial charge in [-0.1, -0.05) is 154 Å². The average Bonchev–Trinajstić information content (AvgIpc) is 3.00. The quantitative estimate of drug-likeness (QED) is 0.309. The van der Waals surface area contributed by atoms with Gasteiger partial charge in [0.25, 0.3) is 0 Å². The number of imide groups is 2. The molecule has 6 heteroatoms. The van der Waals surface area contributed by atoms with E-state index in [1.54, 1.807) is 0 Å². The van der Waals surface area contributed by atoms with E-state index in [9.17, 15) is 19.2 Å². The summed E-state index contributed by atoms with van der Waals surface area (Å²) in [6.45, 7) is 0. The van der Waals surface area contributed by atoms with Crippen molar-refractivity contribution in [2.24, 2.45) is 11.8 Å². The monoisotopic (exact) mass is 617 g/mol. The molecule has 0 radical (unpaired) electrons. The zero-order chi connectivity index (χ0) is 31.5. The summed E-state index contributed by atoms with van der Waals surface area (Å²) in [6, 6.07) is 0. The van der Waals surface area contributed by atoms with Gasteiger partial charge in [0.05, 0.1) is 0 Å². The molecule has 2 fully saturated rings. The highest BCUT2D eigenvalue weighted by molar-refractivity contribution is 5.97. The van der Waals surface area contributed by atoms with E-state index >= 15 is 0 Å². The number of carbonyl (C=O) groups excluding carboxylic acids is 4.